The van der Waals surface area contributed by atoms with E-state index >= 15 is 0 Å². The summed E-state index contributed by atoms with van der Waals surface area (Å²) in [6.45, 7) is 11.4. The third-order valence-corrected chi connectivity index (χ3v) is 6.35. The number of halogens is 1. The van der Waals surface area contributed by atoms with Crippen LogP contribution in [0.4, 0.5) is 5.13 Å². The fourth-order valence-electron chi connectivity index (χ4n) is 3.23. The van der Waals surface area contributed by atoms with Crippen LogP contribution in [-0.2, 0) is 17.8 Å². The van der Waals surface area contributed by atoms with Gasteiger partial charge < -0.3 is 10.0 Å². The minimum atomic E-state index is -0.808. The second-order valence-corrected chi connectivity index (χ2v) is 9.35. The van der Waals surface area contributed by atoms with Gasteiger partial charge in [-0.15, -0.1) is 11.3 Å². The van der Waals surface area contributed by atoms with E-state index in [0.29, 0.717) is 19.0 Å². The van der Waals surface area contributed by atoms with Gasteiger partial charge in [0.1, 0.15) is 0 Å². The number of aliphatic carboxylic acids is 1. The first-order chi connectivity index (χ1) is 15.3. The monoisotopic (exact) mass is 472 g/mol. The molecule has 1 heterocycles. The van der Waals surface area contributed by atoms with Crippen molar-refractivity contribution in [3.63, 3.8) is 0 Å². The van der Waals surface area contributed by atoms with Crippen molar-refractivity contribution in [2.75, 3.05) is 11.4 Å². The number of nitrogens with zero attached hydrogens (tertiary/aromatic N) is 2. The molecule has 0 aliphatic heterocycles. The topological polar surface area (TPSA) is 53.4 Å². The minimum Gasteiger partial charge on any atom is -0.481 e. The molecule has 0 aliphatic carbocycles. The predicted octanol–water partition coefficient (Wildman–Crippen LogP) is 7.48. The normalized spacial score (nSPS) is 10.6. The van der Waals surface area contributed by atoms with Crippen molar-refractivity contribution < 1.29 is 9.90 Å². The summed E-state index contributed by atoms with van der Waals surface area (Å²) in [4.78, 5) is 19.5. The highest BCUT2D eigenvalue weighted by Crippen LogP contribution is 2.36. The molecule has 1 N–H and O–H groups in total. The summed E-state index contributed by atoms with van der Waals surface area (Å²) in [5.41, 5.74) is 4.11. The highest BCUT2D eigenvalue weighted by Gasteiger charge is 2.20. The van der Waals surface area contributed by atoms with E-state index in [4.69, 9.17) is 16.6 Å². The van der Waals surface area contributed by atoms with Crippen LogP contribution in [0.25, 0.3) is 11.3 Å². The van der Waals surface area contributed by atoms with E-state index in [1.54, 1.807) is 11.3 Å². The molecule has 4 nitrogen and oxygen atoms in total. The maximum absolute atomic E-state index is 11.2. The summed E-state index contributed by atoms with van der Waals surface area (Å²) < 4.78 is 0. The Hall–Kier alpha value is -2.37. The van der Waals surface area contributed by atoms with E-state index in [1.807, 2.05) is 51.1 Å². The number of hydrogen-bond donors (Lipinski definition) is 1. The summed E-state index contributed by atoms with van der Waals surface area (Å²) in [5, 5.41) is 10.8. The molecule has 0 fully saturated rings. The number of aryl methyl sites for hydroxylation is 1. The summed E-state index contributed by atoms with van der Waals surface area (Å²) in [7, 11) is 0. The van der Waals surface area contributed by atoms with Crippen molar-refractivity contribution in [3.05, 3.63) is 69.6 Å². The third kappa shape index (κ3) is 7.35. The molecule has 3 aromatic rings. The van der Waals surface area contributed by atoms with Gasteiger partial charge in [-0.1, -0.05) is 81.8 Å². The molecule has 0 saturated heterocycles. The van der Waals surface area contributed by atoms with Gasteiger partial charge in [0.2, 0.25) is 0 Å². The maximum Gasteiger partial charge on any atom is 0.305 e. The number of carbonyl (C=O) groups is 1. The van der Waals surface area contributed by atoms with Gasteiger partial charge >= 0.3 is 5.97 Å². The Morgan fingerprint density at radius 2 is 1.84 bits per heavy atom. The lowest BCUT2D eigenvalue weighted by molar-refractivity contribution is -0.136. The predicted molar refractivity (Wildman–Crippen MR) is 137 cm³/mol. The second kappa shape index (κ2) is 12.6. The van der Waals surface area contributed by atoms with Crippen LogP contribution in [0, 0.1) is 12.8 Å². The first-order valence-electron chi connectivity index (χ1n) is 11.1. The Balaban J connectivity index is 0.00000176. The molecular formula is C26H33ClN2O2S. The molecule has 0 amide bonds. The number of aromatic nitrogens is 1. The first-order valence-corrected chi connectivity index (χ1v) is 12.3. The zero-order valence-corrected chi connectivity index (χ0v) is 21.1. The van der Waals surface area contributed by atoms with Gasteiger partial charge in [0.05, 0.1) is 12.1 Å². The van der Waals surface area contributed by atoms with E-state index in [2.05, 4.69) is 36.9 Å². The van der Waals surface area contributed by atoms with Crippen molar-refractivity contribution in [1.82, 2.24) is 4.98 Å². The lowest BCUT2D eigenvalue weighted by Gasteiger charge is -2.21. The van der Waals surface area contributed by atoms with E-state index in [-0.39, 0.29) is 6.42 Å². The summed E-state index contributed by atoms with van der Waals surface area (Å²) >= 11 is 8.03. The average molecular weight is 473 g/mol. The fraction of sp³-hybridized carbons (Fsp3) is 0.385. The zero-order chi connectivity index (χ0) is 23.7. The number of carboxylic acids is 1. The van der Waals surface area contributed by atoms with Gasteiger partial charge in [-0.2, -0.15) is 0 Å². The van der Waals surface area contributed by atoms with Crippen LogP contribution in [0.1, 0.15) is 50.1 Å². The van der Waals surface area contributed by atoms with Gasteiger partial charge in [0.15, 0.2) is 5.13 Å². The van der Waals surface area contributed by atoms with Gasteiger partial charge in [0.25, 0.3) is 0 Å². The molecule has 6 heteroatoms. The van der Waals surface area contributed by atoms with E-state index in [9.17, 15) is 9.90 Å². The average Bonchev–Trinajstić information content (AvgIpc) is 3.18. The van der Waals surface area contributed by atoms with Crippen LogP contribution in [0.15, 0.2) is 48.5 Å². The van der Waals surface area contributed by atoms with Gasteiger partial charge in [0, 0.05) is 28.6 Å². The highest BCUT2D eigenvalue weighted by molar-refractivity contribution is 7.16. The van der Waals surface area contributed by atoms with Crippen LogP contribution in [0.2, 0.25) is 5.02 Å². The molecule has 0 aliphatic rings. The third-order valence-electron chi connectivity index (χ3n) is 4.81. The molecule has 0 radical (unpaired) electrons. The van der Waals surface area contributed by atoms with Crippen molar-refractivity contribution in [1.29, 1.82) is 0 Å². The van der Waals surface area contributed by atoms with Gasteiger partial charge in [-0.05, 0) is 36.5 Å². The molecular weight excluding hydrogens is 440 g/mol. The highest BCUT2D eigenvalue weighted by atomic mass is 35.5. The van der Waals surface area contributed by atoms with Gasteiger partial charge in [-0.25, -0.2) is 4.98 Å². The first kappa shape index (κ1) is 25.9. The SMILES string of the molecule is CC.Cc1ccc(-c2nc(N(CCC(=O)O)Cc3ccccc3)sc2CC(C)C)cc1Cl. The molecule has 32 heavy (non-hydrogen) atoms. The number of thiazole rings is 1. The lowest BCUT2D eigenvalue weighted by Crippen LogP contribution is -2.25. The number of benzene rings is 2. The lowest BCUT2D eigenvalue weighted by atomic mass is 10.0. The van der Waals surface area contributed by atoms with Crippen molar-refractivity contribution >= 4 is 34.0 Å². The molecule has 172 valence electrons. The largest absolute Gasteiger partial charge is 0.481 e. The van der Waals surface area contributed by atoms with Crippen LogP contribution >= 0.6 is 22.9 Å². The van der Waals surface area contributed by atoms with Crippen molar-refractivity contribution in [3.8, 4) is 11.3 Å². The van der Waals surface area contributed by atoms with Crippen molar-refractivity contribution in [2.24, 2.45) is 5.92 Å². The fourth-order valence-corrected chi connectivity index (χ4v) is 4.73. The second-order valence-electron chi connectivity index (χ2n) is 7.88. The van der Waals surface area contributed by atoms with Crippen LogP contribution in [0.3, 0.4) is 0 Å². The molecule has 3 rings (SSSR count). The minimum absolute atomic E-state index is 0.0671. The summed E-state index contributed by atoms with van der Waals surface area (Å²) in [6, 6.07) is 16.1. The molecule has 1 aromatic heterocycles. The Morgan fingerprint density at radius 1 is 1.16 bits per heavy atom. The molecule has 0 atom stereocenters. The Bertz CT molecular complexity index is 1000. The number of rotatable bonds is 9. The number of hydrogen-bond acceptors (Lipinski definition) is 4. The zero-order valence-electron chi connectivity index (χ0n) is 19.6. The van der Waals surface area contributed by atoms with E-state index < -0.39 is 5.97 Å². The molecule has 0 saturated carbocycles. The van der Waals surface area contributed by atoms with Crippen LogP contribution in [0.5, 0.6) is 0 Å². The smallest absolute Gasteiger partial charge is 0.305 e. The van der Waals surface area contributed by atoms with E-state index in [1.165, 1.54) is 4.88 Å². The maximum atomic E-state index is 11.2. The molecule has 0 spiro atoms. The van der Waals surface area contributed by atoms with Crippen LogP contribution < -0.4 is 4.90 Å². The molecule has 2 aromatic carbocycles. The Labute approximate surface area is 200 Å². The molecule has 0 bridgehead atoms. The summed E-state index contributed by atoms with van der Waals surface area (Å²) in [5.74, 6) is -0.322. The number of carboxylic acid groups (broad SMARTS) is 1. The molecule has 0 unspecified atom stereocenters. The van der Waals surface area contributed by atoms with E-state index in [0.717, 1.165) is 39.0 Å². The standard InChI is InChI=1S/C24H27ClN2O2S.C2H6/c1-16(2)13-21-23(19-10-9-17(3)20(25)14-19)26-24(30-21)27(12-11-22(28)29)15-18-7-5-4-6-8-18;1-2/h4-10,14,16H,11-13,15H2,1-3H3,(H,28,29);1-2H3. The van der Waals surface area contributed by atoms with Crippen LogP contribution in [-0.4, -0.2) is 22.6 Å². The Kier molecular flexibility index (Phi) is 10.2. The Morgan fingerprint density at radius 3 is 2.44 bits per heavy atom. The van der Waals surface area contributed by atoms with Crippen molar-refractivity contribution in [2.45, 2.75) is 54.0 Å². The number of anilines is 1. The van der Waals surface area contributed by atoms with Gasteiger partial charge in [-0.3, -0.25) is 4.79 Å². The summed E-state index contributed by atoms with van der Waals surface area (Å²) in [6.07, 6.45) is 0.980. The quantitative estimate of drug-likeness (QED) is 0.350.